The Kier molecular flexibility index (Phi) is 5.02. The number of aliphatic hydroxyl groups excluding tert-OH is 1. The molecule has 1 fully saturated rings. The first-order valence-corrected chi connectivity index (χ1v) is 9.14. The van der Waals surface area contributed by atoms with Gasteiger partial charge in [0.2, 0.25) is 0 Å². The van der Waals surface area contributed by atoms with Gasteiger partial charge < -0.3 is 9.84 Å². The number of anilines is 1. The molecule has 30 heavy (non-hydrogen) atoms. The number of carbonyl (C=O) groups excluding carboxylic acids is 2. The fourth-order valence-electron chi connectivity index (χ4n) is 3.48. The molecule has 6 nitrogen and oxygen atoms in total. The fourth-order valence-corrected chi connectivity index (χ4v) is 3.48. The number of amides is 1. The van der Waals surface area contributed by atoms with Gasteiger partial charge in [-0.25, -0.2) is 9.37 Å². The van der Waals surface area contributed by atoms with Crippen molar-refractivity contribution >= 4 is 23.3 Å². The topological polar surface area (TPSA) is 79.7 Å². The van der Waals surface area contributed by atoms with Crippen LogP contribution in [0.2, 0.25) is 0 Å². The molecule has 0 aliphatic carbocycles. The number of methoxy groups -OCH3 is 1. The zero-order valence-corrected chi connectivity index (χ0v) is 15.9. The van der Waals surface area contributed by atoms with Crippen LogP contribution in [0.3, 0.4) is 0 Å². The van der Waals surface area contributed by atoms with Crippen molar-refractivity contribution in [2.24, 2.45) is 0 Å². The van der Waals surface area contributed by atoms with Crippen LogP contribution in [0.15, 0.2) is 78.5 Å². The summed E-state index contributed by atoms with van der Waals surface area (Å²) in [4.78, 5) is 31.1. The molecule has 1 atom stereocenters. The predicted octanol–water partition coefficient (Wildman–Crippen LogP) is 3.86. The first kappa shape index (κ1) is 19.3. The maximum absolute atomic E-state index is 14.7. The van der Waals surface area contributed by atoms with Gasteiger partial charge >= 0.3 is 5.91 Å². The van der Waals surface area contributed by atoms with Gasteiger partial charge in [-0.15, -0.1) is 0 Å². The summed E-state index contributed by atoms with van der Waals surface area (Å²) in [5.41, 5.74) is 0.130. The Balaban J connectivity index is 1.97. The van der Waals surface area contributed by atoms with Crippen LogP contribution in [-0.4, -0.2) is 28.9 Å². The van der Waals surface area contributed by atoms with Crippen molar-refractivity contribution in [2.45, 2.75) is 6.04 Å². The van der Waals surface area contributed by atoms with Gasteiger partial charge in [-0.2, -0.15) is 0 Å². The molecule has 3 aromatic rings. The molecule has 0 radical (unpaired) electrons. The molecule has 1 saturated heterocycles. The SMILES string of the molecule is COc1cccc(/C(O)=C2/C(=O)C(=O)N(c3ccccn3)C2c2ccccc2F)c1. The number of nitrogens with zero attached hydrogens (tertiary/aromatic N) is 2. The number of benzene rings is 2. The molecule has 0 saturated carbocycles. The van der Waals surface area contributed by atoms with Crippen LogP contribution in [-0.2, 0) is 9.59 Å². The highest BCUT2D eigenvalue weighted by Gasteiger charge is 2.48. The largest absolute Gasteiger partial charge is 0.507 e. The Morgan fingerprint density at radius 1 is 1.07 bits per heavy atom. The molecule has 1 aliphatic rings. The van der Waals surface area contributed by atoms with Crippen molar-refractivity contribution < 1.29 is 23.8 Å². The van der Waals surface area contributed by atoms with Crippen LogP contribution in [0.1, 0.15) is 17.2 Å². The van der Waals surface area contributed by atoms with E-state index in [-0.39, 0.29) is 22.5 Å². The number of pyridine rings is 1. The minimum absolute atomic E-state index is 0.0757. The van der Waals surface area contributed by atoms with Gasteiger partial charge in [0.15, 0.2) is 0 Å². The van der Waals surface area contributed by atoms with Crippen LogP contribution in [0, 0.1) is 5.82 Å². The number of carbonyl (C=O) groups is 2. The molecule has 4 rings (SSSR count). The average molecular weight is 404 g/mol. The number of hydrogen-bond donors (Lipinski definition) is 1. The Hall–Kier alpha value is -4.00. The van der Waals surface area contributed by atoms with E-state index >= 15 is 0 Å². The summed E-state index contributed by atoms with van der Waals surface area (Å²) in [5.74, 6) is -2.21. The van der Waals surface area contributed by atoms with E-state index in [1.165, 1.54) is 37.6 Å². The predicted molar refractivity (Wildman–Crippen MR) is 108 cm³/mol. The monoisotopic (exact) mass is 404 g/mol. The number of ether oxygens (including phenoxy) is 1. The number of rotatable bonds is 4. The van der Waals surface area contributed by atoms with Crippen LogP contribution in [0.4, 0.5) is 10.2 Å². The lowest BCUT2D eigenvalue weighted by atomic mass is 9.95. The molecule has 0 bridgehead atoms. The normalized spacial score (nSPS) is 17.9. The van der Waals surface area contributed by atoms with Crippen LogP contribution < -0.4 is 9.64 Å². The highest BCUT2D eigenvalue weighted by molar-refractivity contribution is 6.51. The van der Waals surface area contributed by atoms with Crippen LogP contribution >= 0.6 is 0 Å². The molecule has 1 aliphatic heterocycles. The molecule has 7 heteroatoms. The molecule has 2 heterocycles. The second-order valence-corrected chi connectivity index (χ2v) is 6.61. The molecule has 0 spiro atoms. The summed E-state index contributed by atoms with van der Waals surface area (Å²) in [5, 5.41) is 11.0. The maximum atomic E-state index is 14.7. The number of aliphatic hydroxyl groups is 1. The number of halogens is 1. The summed E-state index contributed by atoms with van der Waals surface area (Å²) in [7, 11) is 1.47. The Morgan fingerprint density at radius 3 is 2.53 bits per heavy atom. The summed E-state index contributed by atoms with van der Waals surface area (Å²) in [6.45, 7) is 0. The lowest BCUT2D eigenvalue weighted by Crippen LogP contribution is -2.30. The smallest absolute Gasteiger partial charge is 0.301 e. The standard InChI is InChI=1S/C23H17FN2O4/c1-30-15-8-6-7-14(13-15)21(27)19-20(16-9-2-3-10-17(16)24)26(23(29)22(19)28)18-11-4-5-12-25-18/h2-13,20,27H,1H3/b21-19-. The zero-order valence-electron chi connectivity index (χ0n) is 15.9. The van der Waals surface area contributed by atoms with Gasteiger partial charge in [0, 0.05) is 17.3 Å². The Bertz CT molecular complexity index is 1160. The van der Waals surface area contributed by atoms with Crippen molar-refractivity contribution in [3.63, 3.8) is 0 Å². The van der Waals surface area contributed by atoms with Gasteiger partial charge in [-0.05, 0) is 30.3 Å². The average Bonchev–Trinajstić information content (AvgIpc) is 3.04. The third kappa shape index (κ3) is 3.20. The quantitative estimate of drug-likeness (QED) is 0.406. The molecular formula is C23H17FN2O4. The van der Waals surface area contributed by atoms with E-state index in [2.05, 4.69) is 4.98 Å². The van der Waals surface area contributed by atoms with Gasteiger partial charge in [0.25, 0.3) is 5.78 Å². The van der Waals surface area contributed by atoms with Crippen LogP contribution in [0.5, 0.6) is 5.75 Å². The van der Waals surface area contributed by atoms with E-state index in [1.807, 2.05) is 0 Å². The van der Waals surface area contributed by atoms with E-state index in [4.69, 9.17) is 4.74 Å². The van der Waals surface area contributed by atoms with E-state index in [0.717, 1.165) is 4.90 Å². The van der Waals surface area contributed by atoms with Gasteiger partial charge in [-0.1, -0.05) is 36.4 Å². The number of hydrogen-bond acceptors (Lipinski definition) is 5. The Morgan fingerprint density at radius 2 is 1.83 bits per heavy atom. The van der Waals surface area contributed by atoms with Crippen molar-refractivity contribution in [3.05, 3.63) is 95.4 Å². The highest BCUT2D eigenvalue weighted by atomic mass is 19.1. The fraction of sp³-hybridized carbons (Fsp3) is 0.0870. The van der Waals surface area contributed by atoms with E-state index in [1.54, 1.807) is 42.5 Å². The van der Waals surface area contributed by atoms with Gasteiger partial charge in [-0.3, -0.25) is 14.5 Å². The van der Waals surface area contributed by atoms with E-state index < -0.39 is 29.3 Å². The van der Waals surface area contributed by atoms with Gasteiger partial charge in [0.1, 0.15) is 23.1 Å². The molecule has 2 aromatic carbocycles. The molecular weight excluding hydrogens is 387 g/mol. The van der Waals surface area contributed by atoms with Crippen molar-refractivity contribution in [1.82, 2.24) is 4.98 Å². The molecule has 1 aromatic heterocycles. The Labute approximate surface area is 171 Å². The molecule has 1 N–H and O–H groups in total. The van der Waals surface area contributed by atoms with E-state index in [0.29, 0.717) is 5.75 Å². The van der Waals surface area contributed by atoms with Crippen molar-refractivity contribution in [2.75, 3.05) is 12.0 Å². The van der Waals surface area contributed by atoms with Crippen molar-refractivity contribution in [1.29, 1.82) is 0 Å². The summed E-state index contributed by atoms with van der Waals surface area (Å²) in [6, 6.07) is 15.9. The van der Waals surface area contributed by atoms with E-state index in [9.17, 15) is 19.1 Å². The molecule has 1 amide bonds. The summed E-state index contributed by atoms with van der Waals surface area (Å²) < 4.78 is 19.9. The molecule has 150 valence electrons. The first-order chi connectivity index (χ1) is 14.5. The third-order valence-corrected chi connectivity index (χ3v) is 4.88. The minimum atomic E-state index is -1.17. The number of ketones is 1. The van der Waals surface area contributed by atoms with Crippen molar-refractivity contribution in [3.8, 4) is 5.75 Å². The first-order valence-electron chi connectivity index (χ1n) is 9.14. The second-order valence-electron chi connectivity index (χ2n) is 6.61. The number of aromatic nitrogens is 1. The lowest BCUT2D eigenvalue weighted by Gasteiger charge is -2.24. The number of Topliss-reactive ketones (excluding diaryl/α,β-unsaturated/α-hetero) is 1. The third-order valence-electron chi connectivity index (χ3n) is 4.88. The second kappa shape index (κ2) is 7.79. The summed E-state index contributed by atoms with van der Waals surface area (Å²) in [6.07, 6.45) is 1.47. The van der Waals surface area contributed by atoms with Crippen LogP contribution in [0.25, 0.3) is 5.76 Å². The highest BCUT2D eigenvalue weighted by Crippen LogP contribution is 2.42. The maximum Gasteiger partial charge on any atom is 0.301 e. The molecule has 1 unspecified atom stereocenters. The summed E-state index contributed by atoms with van der Waals surface area (Å²) >= 11 is 0. The minimum Gasteiger partial charge on any atom is -0.507 e. The zero-order chi connectivity index (χ0) is 21.3. The lowest BCUT2D eigenvalue weighted by molar-refractivity contribution is -0.132. The van der Waals surface area contributed by atoms with Gasteiger partial charge in [0.05, 0.1) is 18.7 Å².